The number of aromatic nitrogens is 1. The van der Waals surface area contributed by atoms with Crippen LogP contribution in [0.3, 0.4) is 0 Å². The van der Waals surface area contributed by atoms with Gasteiger partial charge >= 0.3 is 0 Å². The minimum Gasteiger partial charge on any atom is -0.396 e. The van der Waals surface area contributed by atoms with Crippen molar-refractivity contribution in [1.82, 2.24) is 4.98 Å². The standard InChI is InChI=1S/C16H20N2O2/c19-8-6-12-5-7-18(10-12)16-15-4-2-1-3-14(15)13(11-20)9-17-16/h1-4,9,12,19-20H,5-8,10-11H2. The van der Waals surface area contributed by atoms with E-state index in [0.717, 1.165) is 48.1 Å². The maximum absolute atomic E-state index is 9.42. The molecule has 0 radical (unpaired) electrons. The molecule has 1 aromatic heterocycles. The van der Waals surface area contributed by atoms with Crippen molar-refractivity contribution < 1.29 is 10.2 Å². The Morgan fingerprint density at radius 2 is 2.00 bits per heavy atom. The van der Waals surface area contributed by atoms with Crippen molar-refractivity contribution in [2.45, 2.75) is 19.4 Å². The van der Waals surface area contributed by atoms with Gasteiger partial charge in [0.2, 0.25) is 0 Å². The Morgan fingerprint density at radius 3 is 2.75 bits per heavy atom. The van der Waals surface area contributed by atoms with E-state index >= 15 is 0 Å². The van der Waals surface area contributed by atoms with Crippen LogP contribution < -0.4 is 4.90 Å². The molecule has 0 spiro atoms. The second kappa shape index (κ2) is 5.77. The summed E-state index contributed by atoms with van der Waals surface area (Å²) in [6.45, 7) is 2.22. The highest BCUT2D eigenvalue weighted by Crippen LogP contribution is 2.31. The lowest BCUT2D eigenvalue weighted by Crippen LogP contribution is -2.21. The Balaban J connectivity index is 1.97. The summed E-state index contributed by atoms with van der Waals surface area (Å²) in [6, 6.07) is 8.10. The van der Waals surface area contributed by atoms with Crippen molar-refractivity contribution >= 4 is 16.6 Å². The van der Waals surface area contributed by atoms with Crippen molar-refractivity contribution in [2.24, 2.45) is 5.92 Å². The van der Waals surface area contributed by atoms with Crippen LogP contribution in [0.1, 0.15) is 18.4 Å². The second-order valence-electron chi connectivity index (χ2n) is 5.42. The number of benzene rings is 1. The highest BCUT2D eigenvalue weighted by atomic mass is 16.3. The van der Waals surface area contributed by atoms with Gasteiger partial charge in [-0.05, 0) is 24.1 Å². The molecule has 3 rings (SSSR count). The Morgan fingerprint density at radius 1 is 1.20 bits per heavy atom. The van der Waals surface area contributed by atoms with E-state index in [9.17, 15) is 5.11 Å². The van der Waals surface area contributed by atoms with Gasteiger partial charge in [0.25, 0.3) is 0 Å². The molecule has 1 atom stereocenters. The summed E-state index contributed by atoms with van der Waals surface area (Å²) in [5, 5.41) is 20.7. The average molecular weight is 272 g/mol. The van der Waals surface area contributed by atoms with Gasteiger partial charge in [-0.1, -0.05) is 24.3 Å². The topological polar surface area (TPSA) is 56.6 Å². The molecule has 0 aliphatic carbocycles. The smallest absolute Gasteiger partial charge is 0.136 e. The first-order valence-electron chi connectivity index (χ1n) is 7.16. The molecule has 20 heavy (non-hydrogen) atoms. The van der Waals surface area contributed by atoms with E-state index in [1.54, 1.807) is 6.20 Å². The van der Waals surface area contributed by atoms with E-state index in [4.69, 9.17) is 5.11 Å². The Labute approximate surface area is 118 Å². The molecule has 106 valence electrons. The zero-order valence-corrected chi connectivity index (χ0v) is 11.5. The molecule has 1 saturated heterocycles. The zero-order valence-electron chi connectivity index (χ0n) is 11.5. The zero-order chi connectivity index (χ0) is 13.9. The van der Waals surface area contributed by atoms with Gasteiger partial charge in [0.05, 0.1) is 6.61 Å². The third-order valence-electron chi connectivity index (χ3n) is 4.15. The molecular weight excluding hydrogens is 252 g/mol. The van der Waals surface area contributed by atoms with Gasteiger partial charge in [0.15, 0.2) is 0 Å². The monoisotopic (exact) mass is 272 g/mol. The van der Waals surface area contributed by atoms with Crippen molar-refractivity contribution in [2.75, 3.05) is 24.6 Å². The molecule has 4 heteroatoms. The first-order valence-corrected chi connectivity index (χ1v) is 7.16. The van der Waals surface area contributed by atoms with Crippen molar-refractivity contribution in [3.05, 3.63) is 36.0 Å². The third kappa shape index (κ3) is 2.37. The summed E-state index contributed by atoms with van der Waals surface area (Å²) < 4.78 is 0. The van der Waals surface area contributed by atoms with Crippen molar-refractivity contribution in [1.29, 1.82) is 0 Å². The lowest BCUT2D eigenvalue weighted by Gasteiger charge is -2.20. The van der Waals surface area contributed by atoms with Gasteiger partial charge in [-0.2, -0.15) is 0 Å². The third-order valence-corrected chi connectivity index (χ3v) is 4.15. The average Bonchev–Trinajstić information content (AvgIpc) is 2.95. The molecule has 0 amide bonds. The molecule has 0 bridgehead atoms. The molecule has 1 aliphatic rings. The largest absolute Gasteiger partial charge is 0.396 e. The van der Waals surface area contributed by atoms with E-state index in [0.29, 0.717) is 5.92 Å². The Bertz CT molecular complexity index is 600. The van der Waals surface area contributed by atoms with Gasteiger partial charge in [-0.15, -0.1) is 0 Å². The Kier molecular flexibility index (Phi) is 3.85. The van der Waals surface area contributed by atoms with E-state index in [2.05, 4.69) is 16.0 Å². The van der Waals surface area contributed by atoms with Crippen LogP contribution >= 0.6 is 0 Å². The van der Waals surface area contributed by atoms with Crippen LogP contribution in [-0.4, -0.2) is 34.9 Å². The lowest BCUT2D eigenvalue weighted by molar-refractivity contribution is 0.263. The van der Waals surface area contributed by atoms with E-state index < -0.39 is 0 Å². The van der Waals surface area contributed by atoms with E-state index in [1.807, 2.05) is 18.2 Å². The van der Waals surface area contributed by atoms with Gasteiger partial charge in [0, 0.05) is 36.8 Å². The first kappa shape index (κ1) is 13.3. The number of aliphatic hydroxyl groups is 2. The van der Waals surface area contributed by atoms with Gasteiger partial charge < -0.3 is 15.1 Å². The quantitative estimate of drug-likeness (QED) is 0.893. The van der Waals surface area contributed by atoms with E-state index in [1.165, 1.54) is 0 Å². The molecule has 4 nitrogen and oxygen atoms in total. The maximum Gasteiger partial charge on any atom is 0.136 e. The summed E-state index contributed by atoms with van der Waals surface area (Å²) in [4.78, 5) is 6.85. The van der Waals surface area contributed by atoms with Gasteiger partial charge in [0.1, 0.15) is 5.82 Å². The number of anilines is 1. The molecule has 1 unspecified atom stereocenters. The molecule has 2 N–H and O–H groups in total. The SMILES string of the molecule is OCCC1CCN(c2ncc(CO)c3ccccc23)C1. The molecule has 0 saturated carbocycles. The van der Waals surface area contributed by atoms with Crippen LogP contribution in [0.5, 0.6) is 0 Å². The summed E-state index contributed by atoms with van der Waals surface area (Å²) in [6.07, 6.45) is 3.75. The van der Waals surface area contributed by atoms with Crippen LogP contribution in [0.15, 0.2) is 30.5 Å². The molecule has 2 aromatic rings. The molecule has 2 heterocycles. The fraction of sp³-hybridized carbons (Fsp3) is 0.438. The number of hydrogen-bond donors (Lipinski definition) is 2. The fourth-order valence-electron chi connectivity index (χ4n) is 3.06. The summed E-state index contributed by atoms with van der Waals surface area (Å²) in [5.41, 5.74) is 0.871. The van der Waals surface area contributed by atoms with Crippen LogP contribution in [0.4, 0.5) is 5.82 Å². The highest BCUT2D eigenvalue weighted by Gasteiger charge is 2.24. The Hall–Kier alpha value is -1.65. The maximum atomic E-state index is 9.42. The number of aliphatic hydroxyl groups excluding tert-OH is 2. The summed E-state index contributed by atoms with van der Waals surface area (Å²) >= 11 is 0. The predicted octanol–water partition coefficient (Wildman–Crippen LogP) is 1.94. The van der Waals surface area contributed by atoms with Crippen LogP contribution in [-0.2, 0) is 6.61 Å². The van der Waals surface area contributed by atoms with Crippen LogP contribution in [0.25, 0.3) is 10.8 Å². The molecule has 1 aliphatic heterocycles. The van der Waals surface area contributed by atoms with Crippen molar-refractivity contribution in [3.8, 4) is 0 Å². The van der Waals surface area contributed by atoms with Crippen LogP contribution in [0.2, 0.25) is 0 Å². The van der Waals surface area contributed by atoms with Gasteiger partial charge in [-0.3, -0.25) is 0 Å². The fourth-order valence-corrected chi connectivity index (χ4v) is 3.06. The number of nitrogens with zero attached hydrogens (tertiary/aromatic N) is 2. The van der Waals surface area contributed by atoms with Gasteiger partial charge in [-0.25, -0.2) is 4.98 Å². The van der Waals surface area contributed by atoms with E-state index in [-0.39, 0.29) is 13.2 Å². The number of fused-ring (bicyclic) bond motifs is 1. The number of pyridine rings is 1. The minimum absolute atomic E-state index is 0.0148. The van der Waals surface area contributed by atoms with Crippen LogP contribution in [0, 0.1) is 5.92 Å². The minimum atomic E-state index is 0.0148. The number of rotatable bonds is 4. The second-order valence-corrected chi connectivity index (χ2v) is 5.42. The normalized spacial score (nSPS) is 18.9. The molecular formula is C16H20N2O2. The van der Waals surface area contributed by atoms with Crippen molar-refractivity contribution in [3.63, 3.8) is 0 Å². The lowest BCUT2D eigenvalue weighted by atomic mass is 10.1. The highest BCUT2D eigenvalue weighted by molar-refractivity contribution is 5.94. The summed E-state index contributed by atoms with van der Waals surface area (Å²) in [5.74, 6) is 1.55. The molecule has 1 aromatic carbocycles. The number of hydrogen-bond acceptors (Lipinski definition) is 4. The first-order chi connectivity index (χ1) is 9.83. The predicted molar refractivity (Wildman–Crippen MR) is 79.7 cm³/mol. The summed E-state index contributed by atoms with van der Waals surface area (Å²) in [7, 11) is 0. The molecule has 1 fully saturated rings.